The molecule has 1 N–H and O–H groups in total. The summed E-state index contributed by atoms with van der Waals surface area (Å²) >= 11 is 18.4. The zero-order chi connectivity index (χ0) is 20.3. The highest BCUT2D eigenvalue weighted by Crippen LogP contribution is 2.26. The van der Waals surface area contributed by atoms with Crippen LogP contribution in [-0.2, 0) is 16.4 Å². The van der Waals surface area contributed by atoms with Gasteiger partial charge in [-0.2, -0.15) is 4.31 Å². The van der Waals surface area contributed by atoms with Crippen LogP contribution in [0.15, 0.2) is 41.3 Å². The Morgan fingerprint density at radius 1 is 1.00 bits per heavy atom. The Morgan fingerprint density at radius 3 is 2.29 bits per heavy atom. The van der Waals surface area contributed by atoms with E-state index in [0.717, 1.165) is 18.4 Å². The topological polar surface area (TPSA) is 66.5 Å². The Labute approximate surface area is 179 Å². The minimum Gasteiger partial charge on any atom is -0.352 e. The summed E-state index contributed by atoms with van der Waals surface area (Å²) in [7, 11) is -3.63. The summed E-state index contributed by atoms with van der Waals surface area (Å²) in [4.78, 5) is 12.6. The molecule has 0 unspecified atom stereocenters. The first-order valence-corrected chi connectivity index (χ1v) is 11.4. The van der Waals surface area contributed by atoms with Crippen LogP contribution in [0.2, 0.25) is 15.1 Å². The second kappa shape index (κ2) is 9.01. The molecule has 9 heteroatoms. The van der Waals surface area contributed by atoms with Crippen LogP contribution in [0, 0.1) is 0 Å². The van der Waals surface area contributed by atoms with Gasteiger partial charge in [-0.1, -0.05) is 40.9 Å². The number of benzene rings is 2. The summed E-state index contributed by atoms with van der Waals surface area (Å²) in [6.45, 7) is 1.26. The minimum atomic E-state index is -3.63. The molecule has 2 aromatic carbocycles. The van der Waals surface area contributed by atoms with E-state index in [2.05, 4.69) is 5.32 Å². The monoisotopic (exact) mass is 460 g/mol. The van der Waals surface area contributed by atoms with Crippen LogP contribution in [-0.4, -0.2) is 38.3 Å². The first-order valence-electron chi connectivity index (χ1n) is 8.81. The van der Waals surface area contributed by atoms with Crippen LogP contribution in [0.4, 0.5) is 0 Å². The molecule has 1 fully saturated rings. The molecule has 0 spiro atoms. The van der Waals surface area contributed by atoms with Crippen molar-refractivity contribution in [3.63, 3.8) is 0 Å². The van der Waals surface area contributed by atoms with Crippen molar-refractivity contribution < 1.29 is 13.2 Å². The third kappa shape index (κ3) is 4.63. The number of hydrogen-bond donors (Lipinski definition) is 1. The van der Waals surface area contributed by atoms with Crippen molar-refractivity contribution in [1.82, 2.24) is 9.62 Å². The first-order chi connectivity index (χ1) is 13.3. The predicted octanol–water partition coefficient (Wildman–Crippen LogP) is 4.40. The molecule has 0 saturated carbocycles. The lowest BCUT2D eigenvalue weighted by Crippen LogP contribution is -2.29. The zero-order valence-electron chi connectivity index (χ0n) is 14.9. The molecule has 1 aliphatic heterocycles. The van der Waals surface area contributed by atoms with Crippen molar-refractivity contribution in [2.45, 2.75) is 24.2 Å². The van der Waals surface area contributed by atoms with Crippen LogP contribution in [0.1, 0.15) is 28.8 Å². The number of carbonyl (C=O) groups excluding carboxylic acids is 1. The molecule has 0 radical (unpaired) electrons. The number of carbonyl (C=O) groups is 1. The number of halogens is 3. The number of hydrogen-bond acceptors (Lipinski definition) is 3. The number of rotatable bonds is 6. The average Bonchev–Trinajstić information content (AvgIpc) is 3.20. The lowest BCUT2D eigenvalue weighted by Gasteiger charge is -2.16. The van der Waals surface area contributed by atoms with E-state index in [4.69, 9.17) is 34.8 Å². The summed E-state index contributed by atoms with van der Waals surface area (Å²) in [5.74, 6) is -0.452. The van der Waals surface area contributed by atoms with E-state index in [1.807, 2.05) is 0 Å². The molecule has 1 amide bonds. The van der Waals surface area contributed by atoms with Gasteiger partial charge in [-0.25, -0.2) is 8.42 Å². The zero-order valence-corrected chi connectivity index (χ0v) is 18.0. The van der Waals surface area contributed by atoms with Crippen molar-refractivity contribution in [1.29, 1.82) is 0 Å². The number of nitrogens with zero attached hydrogens (tertiary/aromatic N) is 1. The summed E-state index contributed by atoms with van der Waals surface area (Å²) in [6.07, 6.45) is 2.11. The highest BCUT2D eigenvalue weighted by Gasteiger charge is 2.28. The molecule has 1 heterocycles. The Kier molecular flexibility index (Phi) is 6.89. The van der Waals surface area contributed by atoms with Crippen molar-refractivity contribution in [2.75, 3.05) is 19.6 Å². The predicted molar refractivity (Wildman–Crippen MR) is 112 cm³/mol. The molecule has 0 aromatic heterocycles. The molecule has 150 valence electrons. The molecule has 0 bridgehead atoms. The largest absolute Gasteiger partial charge is 0.352 e. The fourth-order valence-corrected chi connectivity index (χ4v) is 5.42. The van der Waals surface area contributed by atoms with Gasteiger partial charge >= 0.3 is 0 Å². The SMILES string of the molecule is O=C(NCCc1c(Cl)cccc1Cl)c1cc(S(=O)(=O)N2CCCC2)ccc1Cl. The molecule has 1 saturated heterocycles. The number of sulfonamides is 1. The van der Waals surface area contributed by atoms with Crippen molar-refractivity contribution in [3.8, 4) is 0 Å². The van der Waals surface area contributed by atoms with Gasteiger partial charge < -0.3 is 5.32 Å². The molecule has 5 nitrogen and oxygen atoms in total. The van der Waals surface area contributed by atoms with Crippen LogP contribution < -0.4 is 5.32 Å². The van der Waals surface area contributed by atoms with Gasteiger partial charge in [0.05, 0.1) is 15.5 Å². The van der Waals surface area contributed by atoms with Gasteiger partial charge in [0.15, 0.2) is 0 Å². The molecule has 0 aliphatic carbocycles. The van der Waals surface area contributed by atoms with Gasteiger partial charge in [-0.3, -0.25) is 4.79 Å². The third-order valence-electron chi connectivity index (χ3n) is 4.61. The maximum atomic E-state index is 12.7. The molecule has 0 atom stereocenters. The summed E-state index contributed by atoms with van der Waals surface area (Å²) in [5, 5.41) is 3.98. The normalized spacial score (nSPS) is 15.0. The summed E-state index contributed by atoms with van der Waals surface area (Å²) in [5.41, 5.74) is 0.856. The molecule has 2 aromatic rings. The van der Waals surface area contributed by atoms with Crippen LogP contribution in [0.3, 0.4) is 0 Å². The third-order valence-corrected chi connectivity index (χ3v) is 7.54. The van der Waals surface area contributed by atoms with Crippen LogP contribution in [0.5, 0.6) is 0 Å². The lowest BCUT2D eigenvalue weighted by atomic mass is 10.1. The van der Waals surface area contributed by atoms with Gasteiger partial charge in [0.1, 0.15) is 0 Å². The molecular weight excluding hydrogens is 443 g/mol. The fraction of sp³-hybridized carbons (Fsp3) is 0.316. The highest BCUT2D eigenvalue weighted by molar-refractivity contribution is 7.89. The maximum Gasteiger partial charge on any atom is 0.252 e. The fourth-order valence-electron chi connectivity index (χ4n) is 3.08. The second-order valence-electron chi connectivity index (χ2n) is 6.46. The maximum absolute atomic E-state index is 12.7. The van der Waals surface area contributed by atoms with Crippen molar-refractivity contribution in [3.05, 3.63) is 62.6 Å². The first kappa shape index (κ1) is 21.4. The van der Waals surface area contributed by atoms with E-state index >= 15 is 0 Å². The Morgan fingerprint density at radius 2 is 1.64 bits per heavy atom. The van der Waals surface area contributed by atoms with E-state index in [9.17, 15) is 13.2 Å². The highest BCUT2D eigenvalue weighted by atomic mass is 35.5. The van der Waals surface area contributed by atoms with E-state index in [1.54, 1.807) is 18.2 Å². The van der Waals surface area contributed by atoms with Crippen LogP contribution >= 0.6 is 34.8 Å². The molecule has 1 aliphatic rings. The second-order valence-corrected chi connectivity index (χ2v) is 9.62. The average molecular weight is 462 g/mol. The van der Waals surface area contributed by atoms with Gasteiger partial charge in [-0.05, 0) is 55.2 Å². The van der Waals surface area contributed by atoms with E-state index in [1.165, 1.54) is 22.5 Å². The molecular formula is C19H19Cl3N2O3S. The molecule has 3 rings (SSSR count). The minimum absolute atomic E-state index is 0.0677. The van der Waals surface area contributed by atoms with Crippen molar-refractivity contribution >= 4 is 50.7 Å². The quantitative estimate of drug-likeness (QED) is 0.693. The molecule has 28 heavy (non-hydrogen) atoms. The van der Waals surface area contributed by atoms with E-state index in [-0.39, 0.29) is 22.0 Å². The Bertz CT molecular complexity index is 970. The van der Waals surface area contributed by atoms with E-state index < -0.39 is 15.9 Å². The van der Waals surface area contributed by atoms with Gasteiger partial charge in [0.2, 0.25) is 10.0 Å². The van der Waals surface area contributed by atoms with Gasteiger partial charge in [-0.15, -0.1) is 0 Å². The lowest BCUT2D eigenvalue weighted by molar-refractivity contribution is 0.0954. The van der Waals surface area contributed by atoms with Crippen molar-refractivity contribution in [2.24, 2.45) is 0 Å². The summed E-state index contributed by atoms with van der Waals surface area (Å²) < 4.78 is 26.9. The van der Waals surface area contributed by atoms with Gasteiger partial charge in [0.25, 0.3) is 5.91 Å². The Balaban J connectivity index is 1.73. The number of nitrogens with one attached hydrogen (secondary N) is 1. The smallest absolute Gasteiger partial charge is 0.252 e. The number of amides is 1. The van der Waals surface area contributed by atoms with E-state index in [0.29, 0.717) is 29.6 Å². The summed E-state index contributed by atoms with van der Waals surface area (Å²) in [6, 6.07) is 9.40. The standard InChI is InChI=1S/C19H19Cl3N2O3S/c20-16-4-3-5-17(21)14(16)8-9-23-19(25)15-12-13(6-7-18(15)22)28(26,27)24-10-1-2-11-24/h3-7,12H,1-2,8-11H2,(H,23,25). The van der Waals surface area contributed by atoms with Gasteiger partial charge in [0, 0.05) is 29.7 Å². The Hall–Kier alpha value is -1.31. The van der Waals surface area contributed by atoms with Crippen LogP contribution in [0.25, 0.3) is 0 Å².